The second-order valence-corrected chi connectivity index (χ2v) is 3.75. The molecule has 0 fully saturated rings. The van der Waals surface area contributed by atoms with Crippen LogP contribution in [0.5, 0.6) is 0 Å². The Morgan fingerprint density at radius 2 is 2.14 bits per heavy atom. The van der Waals surface area contributed by atoms with Crippen molar-refractivity contribution in [2.75, 3.05) is 0 Å². The van der Waals surface area contributed by atoms with Crippen molar-refractivity contribution in [3.05, 3.63) is 30.0 Å². The quantitative estimate of drug-likeness (QED) is 0.735. The Balaban J connectivity index is 2.42. The van der Waals surface area contributed by atoms with Gasteiger partial charge in [-0.3, -0.25) is 0 Å². The lowest BCUT2D eigenvalue weighted by molar-refractivity contribution is 0.436. The first-order valence-electron chi connectivity index (χ1n) is 5.17. The van der Waals surface area contributed by atoms with Crippen molar-refractivity contribution < 1.29 is 4.52 Å². The van der Waals surface area contributed by atoms with E-state index < -0.39 is 0 Å². The topological polar surface area (TPSA) is 26.0 Å². The lowest BCUT2D eigenvalue weighted by Crippen LogP contribution is -1.93. The third-order valence-corrected chi connectivity index (χ3v) is 2.59. The predicted octanol–water partition coefficient (Wildman–Crippen LogP) is 3.73. The maximum atomic E-state index is 5.27. The van der Waals surface area contributed by atoms with Gasteiger partial charge in [0.1, 0.15) is 0 Å². The van der Waals surface area contributed by atoms with E-state index in [1.54, 1.807) is 0 Å². The summed E-state index contributed by atoms with van der Waals surface area (Å²) < 4.78 is 5.27. The summed E-state index contributed by atoms with van der Waals surface area (Å²) in [5, 5.41) is 5.30. The van der Waals surface area contributed by atoms with Crippen LogP contribution in [0.25, 0.3) is 11.0 Å². The van der Waals surface area contributed by atoms with Crippen LogP contribution in [0.3, 0.4) is 0 Å². The van der Waals surface area contributed by atoms with Crippen LogP contribution in [0.1, 0.15) is 38.3 Å². The highest BCUT2D eigenvalue weighted by Crippen LogP contribution is 2.27. The molecule has 0 bridgehead atoms. The summed E-state index contributed by atoms with van der Waals surface area (Å²) in [6, 6.07) is 8.04. The van der Waals surface area contributed by atoms with Crippen molar-refractivity contribution in [3.63, 3.8) is 0 Å². The van der Waals surface area contributed by atoms with Gasteiger partial charge in [0.15, 0.2) is 5.58 Å². The molecule has 1 aromatic carbocycles. The Hall–Kier alpha value is -1.31. The van der Waals surface area contributed by atoms with Gasteiger partial charge in [-0.25, -0.2) is 0 Å². The molecule has 0 spiro atoms. The molecule has 0 N–H and O–H groups in total. The van der Waals surface area contributed by atoms with Gasteiger partial charge in [0, 0.05) is 11.3 Å². The van der Waals surface area contributed by atoms with E-state index in [4.69, 9.17) is 4.52 Å². The minimum atomic E-state index is 0.489. The summed E-state index contributed by atoms with van der Waals surface area (Å²) >= 11 is 0. The van der Waals surface area contributed by atoms with Crippen molar-refractivity contribution in [1.29, 1.82) is 0 Å². The highest BCUT2D eigenvalue weighted by molar-refractivity contribution is 5.79. The third kappa shape index (κ3) is 1.52. The summed E-state index contributed by atoms with van der Waals surface area (Å²) in [7, 11) is 0. The predicted molar refractivity (Wildman–Crippen MR) is 57.3 cm³/mol. The average molecular weight is 189 g/mol. The normalized spacial score (nSPS) is 13.3. The molecule has 0 aliphatic carbocycles. The Morgan fingerprint density at radius 1 is 1.36 bits per heavy atom. The maximum absolute atomic E-state index is 5.27. The van der Waals surface area contributed by atoms with Gasteiger partial charge in [0.05, 0.1) is 5.69 Å². The summed E-state index contributed by atoms with van der Waals surface area (Å²) in [6.07, 6.45) is 2.35. The third-order valence-electron chi connectivity index (χ3n) is 2.59. The molecule has 0 saturated heterocycles. The number of para-hydroxylation sites is 1. The molecule has 1 unspecified atom stereocenters. The van der Waals surface area contributed by atoms with E-state index >= 15 is 0 Å². The number of hydrogen-bond acceptors (Lipinski definition) is 2. The van der Waals surface area contributed by atoms with Gasteiger partial charge >= 0.3 is 0 Å². The van der Waals surface area contributed by atoms with Gasteiger partial charge in [-0.1, -0.05) is 37.6 Å². The molecule has 0 saturated carbocycles. The largest absolute Gasteiger partial charge is 0.356 e. The molecule has 1 atom stereocenters. The first-order valence-corrected chi connectivity index (χ1v) is 5.17. The lowest BCUT2D eigenvalue weighted by Gasteiger charge is -2.04. The molecule has 1 heterocycles. The molecule has 0 aliphatic heterocycles. The average Bonchev–Trinajstić information content (AvgIpc) is 2.61. The number of benzene rings is 1. The number of fused-ring (bicyclic) bond motifs is 1. The molecule has 1 aromatic heterocycles. The van der Waals surface area contributed by atoms with Crippen LogP contribution < -0.4 is 0 Å². The number of nitrogens with zero attached hydrogens (tertiary/aromatic N) is 1. The zero-order valence-corrected chi connectivity index (χ0v) is 8.66. The van der Waals surface area contributed by atoms with Crippen molar-refractivity contribution in [2.24, 2.45) is 0 Å². The van der Waals surface area contributed by atoms with E-state index in [-0.39, 0.29) is 0 Å². The monoisotopic (exact) mass is 189 g/mol. The molecule has 0 amide bonds. The van der Waals surface area contributed by atoms with Gasteiger partial charge in [0.25, 0.3) is 0 Å². The zero-order valence-electron chi connectivity index (χ0n) is 8.66. The molecule has 0 radical (unpaired) electrons. The summed E-state index contributed by atoms with van der Waals surface area (Å²) in [6.45, 7) is 4.40. The smallest absolute Gasteiger partial charge is 0.167 e. The lowest BCUT2D eigenvalue weighted by atomic mass is 9.99. The van der Waals surface area contributed by atoms with Crippen LogP contribution in [0, 0.1) is 0 Å². The van der Waals surface area contributed by atoms with Crippen LogP contribution in [0.4, 0.5) is 0 Å². The van der Waals surface area contributed by atoms with E-state index in [9.17, 15) is 0 Å². The van der Waals surface area contributed by atoms with E-state index in [0.717, 1.165) is 23.1 Å². The standard InChI is InChI=1S/C12H15NO/c1-3-6-9(2)12-10-7-4-5-8-11(10)14-13-12/h4-5,7-9H,3,6H2,1-2H3. The van der Waals surface area contributed by atoms with E-state index in [1.165, 1.54) is 6.42 Å². The van der Waals surface area contributed by atoms with Crippen molar-refractivity contribution in [3.8, 4) is 0 Å². The van der Waals surface area contributed by atoms with E-state index in [2.05, 4.69) is 25.1 Å². The zero-order chi connectivity index (χ0) is 9.97. The Morgan fingerprint density at radius 3 is 2.93 bits per heavy atom. The molecular formula is C12H15NO. The minimum Gasteiger partial charge on any atom is -0.356 e. The Labute approximate surface area is 83.9 Å². The SMILES string of the molecule is CCCC(C)c1noc2ccccc12. The number of hydrogen-bond donors (Lipinski definition) is 0. The molecule has 0 aliphatic rings. The van der Waals surface area contributed by atoms with Crippen molar-refractivity contribution in [1.82, 2.24) is 5.16 Å². The van der Waals surface area contributed by atoms with E-state index in [0.29, 0.717) is 5.92 Å². The van der Waals surface area contributed by atoms with Crippen LogP contribution in [0.2, 0.25) is 0 Å². The fourth-order valence-electron chi connectivity index (χ4n) is 1.83. The van der Waals surface area contributed by atoms with Crippen LogP contribution in [-0.4, -0.2) is 5.16 Å². The summed E-state index contributed by atoms with van der Waals surface area (Å²) in [5.41, 5.74) is 1.99. The highest BCUT2D eigenvalue weighted by Gasteiger charge is 2.13. The minimum absolute atomic E-state index is 0.489. The first kappa shape index (κ1) is 9.25. The molecule has 2 aromatic rings. The van der Waals surface area contributed by atoms with Crippen LogP contribution >= 0.6 is 0 Å². The second kappa shape index (κ2) is 3.82. The van der Waals surface area contributed by atoms with Gasteiger partial charge in [-0.15, -0.1) is 0 Å². The summed E-state index contributed by atoms with van der Waals surface area (Å²) in [5.74, 6) is 0.489. The van der Waals surface area contributed by atoms with Gasteiger partial charge < -0.3 is 4.52 Å². The van der Waals surface area contributed by atoms with Crippen molar-refractivity contribution in [2.45, 2.75) is 32.6 Å². The van der Waals surface area contributed by atoms with Gasteiger partial charge in [0.2, 0.25) is 0 Å². The maximum Gasteiger partial charge on any atom is 0.167 e. The Bertz CT molecular complexity index is 419. The fraction of sp³-hybridized carbons (Fsp3) is 0.417. The molecular weight excluding hydrogens is 174 g/mol. The molecule has 2 rings (SSSR count). The van der Waals surface area contributed by atoms with Crippen LogP contribution in [-0.2, 0) is 0 Å². The van der Waals surface area contributed by atoms with Gasteiger partial charge in [-0.05, 0) is 18.6 Å². The van der Waals surface area contributed by atoms with Gasteiger partial charge in [-0.2, -0.15) is 0 Å². The first-order chi connectivity index (χ1) is 6.83. The number of aromatic nitrogens is 1. The summed E-state index contributed by atoms with van der Waals surface area (Å²) in [4.78, 5) is 0. The number of rotatable bonds is 3. The molecule has 2 nitrogen and oxygen atoms in total. The second-order valence-electron chi connectivity index (χ2n) is 3.75. The van der Waals surface area contributed by atoms with Crippen LogP contribution in [0.15, 0.2) is 28.8 Å². The molecule has 2 heteroatoms. The Kier molecular flexibility index (Phi) is 2.53. The molecule has 14 heavy (non-hydrogen) atoms. The van der Waals surface area contributed by atoms with Crippen molar-refractivity contribution >= 4 is 11.0 Å². The van der Waals surface area contributed by atoms with E-state index in [1.807, 2.05) is 18.2 Å². The molecule has 74 valence electrons. The fourth-order valence-corrected chi connectivity index (χ4v) is 1.83. The highest BCUT2D eigenvalue weighted by atomic mass is 16.5.